The van der Waals surface area contributed by atoms with Crippen molar-refractivity contribution in [2.45, 2.75) is 19.4 Å². The molecule has 0 bridgehead atoms. The maximum atomic E-state index is 12.6. The predicted molar refractivity (Wildman–Crippen MR) is 95.2 cm³/mol. The molecule has 0 aromatic heterocycles. The zero-order valence-corrected chi connectivity index (χ0v) is 14.1. The quantitative estimate of drug-likeness (QED) is 0.747. The van der Waals surface area contributed by atoms with Gasteiger partial charge in [-0.05, 0) is 31.6 Å². The van der Waals surface area contributed by atoms with Crippen LogP contribution in [0.15, 0.2) is 60.7 Å². The number of carbonyl (C=O) groups is 1. The highest BCUT2D eigenvalue weighted by Gasteiger charge is 2.14. The Kier molecular flexibility index (Phi) is 6.82. The third kappa shape index (κ3) is 6.25. The summed E-state index contributed by atoms with van der Waals surface area (Å²) in [6.07, 6.45) is 1.36. The first-order chi connectivity index (χ1) is 11.1. The van der Waals surface area contributed by atoms with Gasteiger partial charge < -0.3 is 9.80 Å². The molecule has 0 heterocycles. The first kappa shape index (κ1) is 17.2. The number of carbonyl (C=O) groups excluding carboxylic acids is 1. The largest absolute Gasteiger partial charge is 0.337 e. The lowest BCUT2D eigenvalue weighted by Gasteiger charge is -2.24. The molecule has 0 atom stereocenters. The second-order valence-electron chi connectivity index (χ2n) is 6.09. The molecule has 0 aliphatic heterocycles. The summed E-state index contributed by atoms with van der Waals surface area (Å²) in [5.74, 6) is 0.222. The molecular formula is C20H26N2O. The van der Waals surface area contributed by atoms with Gasteiger partial charge in [0, 0.05) is 26.1 Å². The number of aryl methyl sites for hydroxylation is 1. The van der Waals surface area contributed by atoms with E-state index >= 15 is 0 Å². The van der Waals surface area contributed by atoms with E-state index in [-0.39, 0.29) is 5.91 Å². The third-order valence-corrected chi connectivity index (χ3v) is 3.86. The van der Waals surface area contributed by atoms with E-state index in [0.29, 0.717) is 13.0 Å². The van der Waals surface area contributed by atoms with Crippen molar-refractivity contribution in [3.8, 4) is 0 Å². The fourth-order valence-electron chi connectivity index (χ4n) is 2.47. The summed E-state index contributed by atoms with van der Waals surface area (Å²) in [5, 5.41) is 0. The summed E-state index contributed by atoms with van der Waals surface area (Å²) < 4.78 is 0. The summed E-state index contributed by atoms with van der Waals surface area (Å²) in [4.78, 5) is 16.7. The maximum Gasteiger partial charge on any atom is 0.223 e. The molecule has 23 heavy (non-hydrogen) atoms. The van der Waals surface area contributed by atoms with Crippen LogP contribution in [0.25, 0.3) is 0 Å². The highest BCUT2D eigenvalue weighted by atomic mass is 16.2. The standard InChI is InChI=1S/C20H26N2O/c1-21(2)15-16-22(17-19-11-7-4-8-12-19)20(23)14-13-18-9-5-3-6-10-18/h3-12H,13-17H2,1-2H3. The number of benzene rings is 2. The number of amides is 1. The molecule has 0 aliphatic rings. The zero-order valence-electron chi connectivity index (χ0n) is 14.1. The van der Waals surface area contributed by atoms with Crippen LogP contribution < -0.4 is 0 Å². The second kappa shape index (κ2) is 9.11. The molecule has 0 fully saturated rings. The van der Waals surface area contributed by atoms with E-state index in [4.69, 9.17) is 0 Å². The Balaban J connectivity index is 1.95. The van der Waals surface area contributed by atoms with E-state index in [2.05, 4.69) is 29.2 Å². The molecule has 0 unspecified atom stereocenters. The van der Waals surface area contributed by atoms with E-state index in [0.717, 1.165) is 19.5 Å². The maximum absolute atomic E-state index is 12.6. The van der Waals surface area contributed by atoms with Gasteiger partial charge in [-0.3, -0.25) is 4.79 Å². The average Bonchev–Trinajstić information content (AvgIpc) is 2.58. The zero-order chi connectivity index (χ0) is 16.5. The van der Waals surface area contributed by atoms with Crippen molar-refractivity contribution in [3.63, 3.8) is 0 Å². The summed E-state index contributed by atoms with van der Waals surface area (Å²) in [7, 11) is 4.07. The van der Waals surface area contributed by atoms with Crippen LogP contribution in [0.4, 0.5) is 0 Å². The van der Waals surface area contributed by atoms with Crippen molar-refractivity contribution in [2.24, 2.45) is 0 Å². The minimum Gasteiger partial charge on any atom is -0.337 e. The van der Waals surface area contributed by atoms with Crippen molar-refractivity contribution in [2.75, 3.05) is 27.2 Å². The van der Waals surface area contributed by atoms with Gasteiger partial charge >= 0.3 is 0 Å². The number of rotatable bonds is 8. The van der Waals surface area contributed by atoms with Crippen LogP contribution in [0.2, 0.25) is 0 Å². The SMILES string of the molecule is CN(C)CCN(Cc1ccccc1)C(=O)CCc1ccccc1. The van der Waals surface area contributed by atoms with E-state index < -0.39 is 0 Å². The van der Waals surface area contributed by atoms with Gasteiger partial charge in [0.15, 0.2) is 0 Å². The molecule has 2 aromatic carbocycles. The first-order valence-electron chi connectivity index (χ1n) is 8.15. The van der Waals surface area contributed by atoms with Crippen LogP contribution >= 0.6 is 0 Å². The lowest BCUT2D eigenvalue weighted by molar-refractivity contribution is -0.131. The number of hydrogen-bond donors (Lipinski definition) is 0. The molecule has 122 valence electrons. The highest BCUT2D eigenvalue weighted by molar-refractivity contribution is 5.76. The minimum absolute atomic E-state index is 0.222. The second-order valence-corrected chi connectivity index (χ2v) is 6.09. The van der Waals surface area contributed by atoms with Gasteiger partial charge in [-0.25, -0.2) is 0 Å². The van der Waals surface area contributed by atoms with Crippen LogP contribution in [-0.2, 0) is 17.8 Å². The third-order valence-electron chi connectivity index (χ3n) is 3.86. The molecule has 2 rings (SSSR count). The van der Waals surface area contributed by atoms with Crippen molar-refractivity contribution in [1.82, 2.24) is 9.80 Å². The van der Waals surface area contributed by atoms with E-state index in [1.165, 1.54) is 11.1 Å². The van der Waals surface area contributed by atoms with Gasteiger partial charge in [0.2, 0.25) is 5.91 Å². The molecule has 0 spiro atoms. The smallest absolute Gasteiger partial charge is 0.223 e. The monoisotopic (exact) mass is 310 g/mol. The molecule has 0 N–H and O–H groups in total. The Bertz CT molecular complexity index is 581. The molecule has 1 amide bonds. The molecule has 0 saturated carbocycles. The number of hydrogen-bond acceptors (Lipinski definition) is 2. The molecule has 0 radical (unpaired) electrons. The lowest BCUT2D eigenvalue weighted by Crippen LogP contribution is -2.36. The van der Waals surface area contributed by atoms with Crippen molar-refractivity contribution < 1.29 is 4.79 Å². The Morgan fingerprint density at radius 2 is 1.39 bits per heavy atom. The fraction of sp³-hybridized carbons (Fsp3) is 0.350. The molecular weight excluding hydrogens is 284 g/mol. The highest BCUT2D eigenvalue weighted by Crippen LogP contribution is 2.09. The molecule has 2 aromatic rings. The average molecular weight is 310 g/mol. The Morgan fingerprint density at radius 1 is 0.826 bits per heavy atom. The lowest BCUT2D eigenvalue weighted by atomic mass is 10.1. The van der Waals surface area contributed by atoms with Crippen LogP contribution in [0.1, 0.15) is 17.5 Å². The van der Waals surface area contributed by atoms with Gasteiger partial charge in [0.05, 0.1) is 0 Å². The molecule has 3 heteroatoms. The topological polar surface area (TPSA) is 23.6 Å². The summed E-state index contributed by atoms with van der Waals surface area (Å²) in [5.41, 5.74) is 2.40. The molecule has 3 nitrogen and oxygen atoms in total. The molecule has 0 aliphatic carbocycles. The summed E-state index contributed by atoms with van der Waals surface area (Å²) in [6, 6.07) is 20.4. The van der Waals surface area contributed by atoms with Crippen LogP contribution in [0.3, 0.4) is 0 Å². The van der Waals surface area contributed by atoms with E-state index in [9.17, 15) is 4.79 Å². The number of likely N-dealkylation sites (N-methyl/N-ethyl adjacent to an activating group) is 1. The predicted octanol–water partition coefficient (Wildman–Crippen LogP) is 3.21. The van der Waals surface area contributed by atoms with Gasteiger partial charge in [0.25, 0.3) is 0 Å². The summed E-state index contributed by atoms with van der Waals surface area (Å²) in [6.45, 7) is 2.32. The Labute approximate surface area is 139 Å². The van der Waals surface area contributed by atoms with E-state index in [1.54, 1.807) is 0 Å². The van der Waals surface area contributed by atoms with Gasteiger partial charge in [-0.1, -0.05) is 60.7 Å². The van der Waals surface area contributed by atoms with Gasteiger partial charge in [-0.2, -0.15) is 0 Å². The fourth-order valence-corrected chi connectivity index (χ4v) is 2.47. The van der Waals surface area contributed by atoms with Crippen molar-refractivity contribution >= 4 is 5.91 Å². The van der Waals surface area contributed by atoms with Crippen LogP contribution in [-0.4, -0.2) is 42.9 Å². The van der Waals surface area contributed by atoms with Crippen molar-refractivity contribution in [3.05, 3.63) is 71.8 Å². The number of nitrogens with zero attached hydrogens (tertiary/aromatic N) is 2. The van der Waals surface area contributed by atoms with Gasteiger partial charge in [-0.15, -0.1) is 0 Å². The van der Waals surface area contributed by atoms with Crippen LogP contribution in [0.5, 0.6) is 0 Å². The van der Waals surface area contributed by atoms with Crippen LogP contribution in [0, 0.1) is 0 Å². The Hall–Kier alpha value is -2.13. The normalized spacial score (nSPS) is 10.7. The molecule has 0 saturated heterocycles. The summed E-state index contributed by atoms with van der Waals surface area (Å²) >= 11 is 0. The van der Waals surface area contributed by atoms with E-state index in [1.807, 2.05) is 55.4 Å². The van der Waals surface area contributed by atoms with Gasteiger partial charge in [0.1, 0.15) is 0 Å². The van der Waals surface area contributed by atoms with Crippen molar-refractivity contribution in [1.29, 1.82) is 0 Å². The Morgan fingerprint density at radius 3 is 1.96 bits per heavy atom. The first-order valence-corrected chi connectivity index (χ1v) is 8.15. The minimum atomic E-state index is 0.222.